The number of nitrogens with two attached hydrogens (primary N) is 1. The van der Waals surface area contributed by atoms with Crippen LogP contribution in [-0.2, 0) is 0 Å². The molecule has 0 spiro atoms. The predicted octanol–water partition coefficient (Wildman–Crippen LogP) is 2.76. The van der Waals surface area contributed by atoms with Crippen LogP contribution in [0, 0.1) is 11.3 Å². The lowest BCUT2D eigenvalue weighted by atomic mass is 9.76. The number of anilines is 2. The van der Waals surface area contributed by atoms with E-state index in [1.54, 1.807) is 7.11 Å². The van der Waals surface area contributed by atoms with E-state index in [9.17, 15) is 0 Å². The van der Waals surface area contributed by atoms with Crippen molar-refractivity contribution in [3.8, 4) is 5.75 Å². The van der Waals surface area contributed by atoms with Crippen molar-refractivity contribution in [3.05, 3.63) is 18.2 Å². The highest BCUT2D eigenvalue weighted by molar-refractivity contribution is 5.70. The highest BCUT2D eigenvalue weighted by atomic mass is 16.5. The van der Waals surface area contributed by atoms with E-state index >= 15 is 0 Å². The van der Waals surface area contributed by atoms with Crippen LogP contribution in [0.2, 0.25) is 0 Å². The predicted molar refractivity (Wildman–Crippen MR) is 72.6 cm³/mol. The van der Waals surface area contributed by atoms with Crippen LogP contribution in [0.5, 0.6) is 5.75 Å². The first kappa shape index (κ1) is 12.1. The highest BCUT2D eigenvalue weighted by Gasteiger charge is 2.36. The lowest BCUT2D eigenvalue weighted by Crippen LogP contribution is -2.52. The number of hydrogen-bond donors (Lipinski definition) is 1. The molecule has 0 aliphatic carbocycles. The average Bonchev–Trinajstić information content (AvgIpc) is 2.16. The zero-order chi connectivity index (χ0) is 12.6. The van der Waals surface area contributed by atoms with Crippen LogP contribution >= 0.6 is 0 Å². The number of nitrogen functional groups attached to an aromatic ring is 1. The Balaban J connectivity index is 2.07. The number of benzene rings is 1. The number of hydrogen-bond acceptors (Lipinski definition) is 3. The quantitative estimate of drug-likeness (QED) is 0.800. The van der Waals surface area contributed by atoms with E-state index in [1.807, 2.05) is 18.2 Å². The molecule has 94 valence electrons. The summed E-state index contributed by atoms with van der Waals surface area (Å²) in [5.74, 6) is 1.57. The Morgan fingerprint density at radius 3 is 2.41 bits per heavy atom. The minimum Gasteiger partial charge on any atom is -0.497 e. The second-order valence-electron chi connectivity index (χ2n) is 5.89. The molecule has 0 aromatic heterocycles. The summed E-state index contributed by atoms with van der Waals surface area (Å²) < 4.78 is 5.16. The van der Waals surface area contributed by atoms with E-state index in [-0.39, 0.29) is 0 Å². The standard InChI is InChI=1S/C14H22N2O/c1-14(2,3)10-8-16(9-10)13-6-5-11(17-4)7-12(13)15/h5-7,10H,8-9,15H2,1-4H3. The Kier molecular flexibility index (Phi) is 2.94. The van der Waals surface area contributed by atoms with Crippen LogP contribution in [-0.4, -0.2) is 20.2 Å². The van der Waals surface area contributed by atoms with E-state index in [1.165, 1.54) is 0 Å². The molecule has 1 aromatic carbocycles. The van der Waals surface area contributed by atoms with Gasteiger partial charge in [-0.2, -0.15) is 0 Å². The zero-order valence-corrected chi connectivity index (χ0v) is 11.2. The van der Waals surface area contributed by atoms with Gasteiger partial charge in [0.1, 0.15) is 5.75 Å². The molecule has 1 aliphatic heterocycles. The Morgan fingerprint density at radius 2 is 1.94 bits per heavy atom. The largest absolute Gasteiger partial charge is 0.497 e. The molecule has 2 N–H and O–H groups in total. The summed E-state index contributed by atoms with van der Waals surface area (Å²) in [5.41, 5.74) is 8.36. The van der Waals surface area contributed by atoms with Gasteiger partial charge in [0.2, 0.25) is 0 Å². The fraction of sp³-hybridized carbons (Fsp3) is 0.571. The van der Waals surface area contributed by atoms with Crippen molar-refractivity contribution >= 4 is 11.4 Å². The molecule has 1 heterocycles. The van der Waals surface area contributed by atoms with Gasteiger partial charge < -0.3 is 15.4 Å². The first-order valence-electron chi connectivity index (χ1n) is 6.10. The van der Waals surface area contributed by atoms with Crippen LogP contribution in [0.15, 0.2) is 18.2 Å². The molecule has 2 rings (SSSR count). The Bertz CT molecular complexity index is 403. The maximum absolute atomic E-state index is 6.04. The summed E-state index contributed by atoms with van der Waals surface area (Å²) in [6, 6.07) is 5.91. The van der Waals surface area contributed by atoms with Crippen molar-refractivity contribution in [2.75, 3.05) is 30.8 Å². The summed E-state index contributed by atoms with van der Waals surface area (Å²) >= 11 is 0. The minimum absolute atomic E-state index is 0.387. The molecule has 0 radical (unpaired) electrons. The third-order valence-corrected chi connectivity index (χ3v) is 3.68. The van der Waals surface area contributed by atoms with Crippen molar-refractivity contribution in [1.29, 1.82) is 0 Å². The summed E-state index contributed by atoms with van der Waals surface area (Å²) in [7, 11) is 1.66. The number of ether oxygens (including phenoxy) is 1. The third kappa shape index (κ3) is 2.33. The molecule has 0 saturated carbocycles. The third-order valence-electron chi connectivity index (χ3n) is 3.68. The summed E-state index contributed by atoms with van der Waals surface area (Å²) in [4.78, 5) is 2.34. The lowest BCUT2D eigenvalue weighted by molar-refractivity contribution is 0.195. The van der Waals surface area contributed by atoms with Crippen LogP contribution in [0.1, 0.15) is 20.8 Å². The average molecular weight is 234 g/mol. The van der Waals surface area contributed by atoms with Crippen LogP contribution in [0.4, 0.5) is 11.4 Å². The molecule has 0 bridgehead atoms. The molecular formula is C14H22N2O. The fourth-order valence-corrected chi connectivity index (χ4v) is 2.17. The molecular weight excluding hydrogens is 212 g/mol. The van der Waals surface area contributed by atoms with E-state index in [2.05, 4.69) is 25.7 Å². The Labute approximate surface area is 104 Å². The molecule has 3 nitrogen and oxygen atoms in total. The smallest absolute Gasteiger partial charge is 0.121 e. The monoisotopic (exact) mass is 234 g/mol. The van der Waals surface area contributed by atoms with Gasteiger partial charge in [0.05, 0.1) is 18.5 Å². The van der Waals surface area contributed by atoms with E-state index in [0.717, 1.165) is 36.1 Å². The number of rotatable bonds is 2. The van der Waals surface area contributed by atoms with Crippen molar-refractivity contribution < 1.29 is 4.74 Å². The second-order valence-corrected chi connectivity index (χ2v) is 5.89. The number of methoxy groups -OCH3 is 1. The van der Waals surface area contributed by atoms with Gasteiger partial charge in [-0.15, -0.1) is 0 Å². The highest BCUT2D eigenvalue weighted by Crippen LogP contribution is 2.39. The first-order chi connectivity index (χ1) is 7.91. The van der Waals surface area contributed by atoms with Crippen molar-refractivity contribution in [2.45, 2.75) is 20.8 Å². The number of nitrogens with zero attached hydrogens (tertiary/aromatic N) is 1. The molecule has 1 aromatic rings. The van der Waals surface area contributed by atoms with E-state index < -0.39 is 0 Å². The van der Waals surface area contributed by atoms with Gasteiger partial charge in [-0.05, 0) is 23.5 Å². The maximum Gasteiger partial charge on any atom is 0.121 e. The van der Waals surface area contributed by atoms with Gasteiger partial charge >= 0.3 is 0 Å². The SMILES string of the molecule is COc1ccc(N2CC(C(C)(C)C)C2)c(N)c1. The maximum atomic E-state index is 6.04. The van der Waals surface area contributed by atoms with Gasteiger partial charge in [-0.1, -0.05) is 20.8 Å². The van der Waals surface area contributed by atoms with Gasteiger partial charge in [-0.3, -0.25) is 0 Å². The lowest BCUT2D eigenvalue weighted by Gasteiger charge is -2.48. The van der Waals surface area contributed by atoms with Crippen LogP contribution in [0.3, 0.4) is 0 Å². The molecule has 1 aliphatic rings. The van der Waals surface area contributed by atoms with E-state index in [4.69, 9.17) is 10.5 Å². The molecule has 1 saturated heterocycles. The molecule has 17 heavy (non-hydrogen) atoms. The molecule has 1 fully saturated rings. The summed E-state index contributed by atoms with van der Waals surface area (Å²) in [5, 5.41) is 0. The van der Waals surface area contributed by atoms with Gasteiger partial charge in [-0.25, -0.2) is 0 Å². The molecule has 0 atom stereocenters. The summed E-state index contributed by atoms with van der Waals surface area (Å²) in [6.45, 7) is 9.09. The fourth-order valence-electron chi connectivity index (χ4n) is 2.17. The Morgan fingerprint density at radius 1 is 1.29 bits per heavy atom. The topological polar surface area (TPSA) is 38.5 Å². The molecule has 0 unspecified atom stereocenters. The molecule has 3 heteroatoms. The normalized spacial score (nSPS) is 16.8. The van der Waals surface area contributed by atoms with E-state index in [0.29, 0.717) is 5.41 Å². The van der Waals surface area contributed by atoms with Crippen LogP contribution < -0.4 is 15.4 Å². The van der Waals surface area contributed by atoms with Crippen LogP contribution in [0.25, 0.3) is 0 Å². The molecule has 0 amide bonds. The van der Waals surface area contributed by atoms with Gasteiger partial charge in [0, 0.05) is 19.2 Å². The van der Waals surface area contributed by atoms with Crippen molar-refractivity contribution in [2.24, 2.45) is 11.3 Å². The van der Waals surface area contributed by atoms with Gasteiger partial charge in [0.25, 0.3) is 0 Å². The Hall–Kier alpha value is -1.38. The second kappa shape index (κ2) is 4.13. The van der Waals surface area contributed by atoms with Crippen molar-refractivity contribution in [3.63, 3.8) is 0 Å². The summed E-state index contributed by atoms with van der Waals surface area (Å²) in [6.07, 6.45) is 0. The van der Waals surface area contributed by atoms with Gasteiger partial charge in [0.15, 0.2) is 0 Å². The zero-order valence-electron chi connectivity index (χ0n) is 11.2. The minimum atomic E-state index is 0.387. The first-order valence-corrected chi connectivity index (χ1v) is 6.10. The van der Waals surface area contributed by atoms with Crippen molar-refractivity contribution in [1.82, 2.24) is 0 Å².